The predicted molar refractivity (Wildman–Crippen MR) is 81.6 cm³/mol. The van der Waals surface area contributed by atoms with E-state index in [0.29, 0.717) is 11.6 Å². The Hall–Kier alpha value is -0.620. The van der Waals surface area contributed by atoms with Crippen molar-refractivity contribution < 1.29 is 8.42 Å². The van der Waals surface area contributed by atoms with Crippen LogP contribution in [0.2, 0.25) is 5.02 Å². The van der Waals surface area contributed by atoms with Crippen molar-refractivity contribution in [2.75, 3.05) is 19.6 Å². The molecule has 1 heterocycles. The molecule has 0 radical (unpaired) electrons. The summed E-state index contributed by atoms with van der Waals surface area (Å²) >= 11 is 6.07. The molecule has 1 atom stereocenters. The smallest absolute Gasteiger partial charge is 0.243 e. The van der Waals surface area contributed by atoms with E-state index in [4.69, 9.17) is 11.6 Å². The first-order valence-corrected chi connectivity index (χ1v) is 8.77. The molecule has 1 fully saturated rings. The van der Waals surface area contributed by atoms with Crippen molar-refractivity contribution >= 4 is 21.6 Å². The van der Waals surface area contributed by atoms with Crippen LogP contribution in [0.5, 0.6) is 0 Å². The normalized spacial score (nSPS) is 19.7. The maximum atomic E-state index is 12.8. The zero-order valence-corrected chi connectivity index (χ0v) is 13.5. The van der Waals surface area contributed by atoms with Gasteiger partial charge in [-0.05, 0) is 44.0 Å². The largest absolute Gasteiger partial charge is 0.315 e. The molecule has 0 amide bonds. The Balaban J connectivity index is 2.36. The van der Waals surface area contributed by atoms with Crippen molar-refractivity contribution in [1.29, 1.82) is 0 Å². The van der Waals surface area contributed by atoms with Crippen molar-refractivity contribution in [2.45, 2.75) is 37.6 Å². The molecule has 1 aromatic rings. The van der Waals surface area contributed by atoms with Crippen LogP contribution in [-0.2, 0) is 10.0 Å². The molecule has 1 aliphatic rings. The summed E-state index contributed by atoms with van der Waals surface area (Å²) in [4.78, 5) is 0.286. The van der Waals surface area contributed by atoms with Gasteiger partial charge in [-0.15, -0.1) is 0 Å². The van der Waals surface area contributed by atoms with Gasteiger partial charge in [0, 0.05) is 24.2 Å². The molecular weight excluding hydrogens is 296 g/mol. The van der Waals surface area contributed by atoms with Crippen molar-refractivity contribution in [3.63, 3.8) is 0 Å². The lowest BCUT2D eigenvalue weighted by atomic mass is 10.2. The average Bonchev–Trinajstić information content (AvgIpc) is 2.92. The first kappa shape index (κ1) is 15.8. The minimum absolute atomic E-state index is 0.0417. The molecule has 0 aliphatic carbocycles. The molecule has 4 nitrogen and oxygen atoms in total. The van der Waals surface area contributed by atoms with E-state index in [2.05, 4.69) is 5.32 Å². The molecule has 0 spiro atoms. The first-order chi connectivity index (χ1) is 9.46. The summed E-state index contributed by atoms with van der Waals surface area (Å²) in [5, 5.41) is 3.72. The van der Waals surface area contributed by atoms with Crippen molar-refractivity contribution in [3.05, 3.63) is 28.8 Å². The number of benzene rings is 1. The van der Waals surface area contributed by atoms with Crippen LogP contribution in [0.1, 0.15) is 25.3 Å². The van der Waals surface area contributed by atoms with Crippen LogP contribution in [0.15, 0.2) is 23.1 Å². The van der Waals surface area contributed by atoms with E-state index < -0.39 is 10.0 Å². The van der Waals surface area contributed by atoms with Crippen LogP contribution in [0.25, 0.3) is 0 Å². The number of hydrogen-bond donors (Lipinski definition) is 1. The van der Waals surface area contributed by atoms with Gasteiger partial charge in [0.05, 0.1) is 4.90 Å². The number of aryl methyl sites for hydroxylation is 1. The highest BCUT2D eigenvalue weighted by atomic mass is 35.5. The summed E-state index contributed by atoms with van der Waals surface area (Å²) in [7, 11) is -3.48. The molecule has 1 aromatic carbocycles. The Morgan fingerprint density at radius 1 is 1.45 bits per heavy atom. The highest BCUT2D eigenvalue weighted by Crippen LogP contribution is 2.25. The Morgan fingerprint density at radius 2 is 2.20 bits per heavy atom. The van der Waals surface area contributed by atoms with Crippen LogP contribution in [0, 0.1) is 6.92 Å². The molecule has 1 unspecified atom stereocenters. The second kappa shape index (κ2) is 6.43. The molecule has 0 bridgehead atoms. The summed E-state index contributed by atoms with van der Waals surface area (Å²) in [6, 6.07) is 4.99. The molecule has 0 aromatic heterocycles. The van der Waals surface area contributed by atoms with Gasteiger partial charge >= 0.3 is 0 Å². The van der Waals surface area contributed by atoms with Crippen LogP contribution < -0.4 is 5.32 Å². The van der Waals surface area contributed by atoms with Crippen LogP contribution >= 0.6 is 11.6 Å². The van der Waals surface area contributed by atoms with E-state index in [1.165, 1.54) is 0 Å². The summed E-state index contributed by atoms with van der Waals surface area (Å²) in [5.41, 5.74) is 0.884. The van der Waals surface area contributed by atoms with Gasteiger partial charge in [-0.3, -0.25) is 0 Å². The standard InChI is InChI=1S/C14H21ClN2O2S/c1-3-8-17(12-6-7-16-10-12)20(18,19)13-5-4-11(2)14(15)9-13/h4-5,9,12,16H,3,6-8,10H2,1-2H3. The van der Waals surface area contributed by atoms with Crippen molar-refractivity contribution in [2.24, 2.45) is 0 Å². The fraction of sp³-hybridized carbons (Fsp3) is 0.571. The Kier molecular flexibility index (Phi) is 5.07. The van der Waals surface area contributed by atoms with E-state index in [1.807, 2.05) is 13.8 Å². The molecular formula is C14H21ClN2O2S. The van der Waals surface area contributed by atoms with Crippen molar-refractivity contribution in [3.8, 4) is 0 Å². The molecule has 1 N–H and O–H groups in total. The second-order valence-corrected chi connectivity index (χ2v) is 7.47. The maximum Gasteiger partial charge on any atom is 0.243 e. The Bertz CT molecular complexity index is 569. The van der Waals surface area contributed by atoms with Gasteiger partial charge in [-0.25, -0.2) is 8.42 Å². The quantitative estimate of drug-likeness (QED) is 0.907. The lowest BCUT2D eigenvalue weighted by Crippen LogP contribution is -2.42. The lowest BCUT2D eigenvalue weighted by Gasteiger charge is -2.27. The molecule has 0 saturated carbocycles. The number of nitrogens with zero attached hydrogens (tertiary/aromatic N) is 1. The van der Waals surface area contributed by atoms with Crippen molar-refractivity contribution in [1.82, 2.24) is 9.62 Å². The minimum atomic E-state index is -3.48. The van der Waals surface area contributed by atoms with Crippen LogP contribution in [-0.4, -0.2) is 38.4 Å². The monoisotopic (exact) mass is 316 g/mol. The molecule has 1 saturated heterocycles. The summed E-state index contributed by atoms with van der Waals surface area (Å²) in [6.07, 6.45) is 1.66. The molecule has 112 valence electrons. The minimum Gasteiger partial charge on any atom is -0.315 e. The van der Waals surface area contributed by atoms with Gasteiger partial charge < -0.3 is 5.32 Å². The van der Waals surface area contributed by atoms with Gasteiger partial charge in [-0.2, -0.15) is 4.31 Å². The molecule has 6 heteroatoms. The summed E-state index contributed by atoms with van der Waals surface area (Å²) in [5.74, 6) is 0. The third-order valence-corrected chi connectivity index (χ3v) is 5.99. The van der Waals surface area contributed by atoms with Crippen LogP contribution in [0.3, 0.4) is 0 Å². The highest BCUT2D eigenvalue weighted by molar-refractivity contribution is 7.89. The number of hydrogen-bond acceptors (Lipinski definition) is 3. The fourth-order valence-electron chi connectivity index (χ4n) is 2.47. The third-order valence-electron chi connectivity index (χ3n) is 3.64. The Labute approximate surface area is 126 Å². The summed E-state index contributed by atoms with van der Waals surface area (Å²) in [6.45, 7) is 5.99. The SMILES string of the molecule is CCCN(C1CCNC1)S(=O)(=O)c1ccc(C)c(Cl)c1. The predicted octanol–water partition coefficient (Wildman–Crippen LogP) is 2.41. The summed E-state index contributed by atoms with van der Waals surface area (Å²) < 4.78 is 27.2. The Morgan fingerprint density at radius 3 is 2.75 bits per heavy atom. The van der Waals surface area contributed by atoms with Gasteiger partial charge in [0.15, 0.2) is 0 Å². The van der Waals surface area contributed by atoms with E-state index in [9.17, 15) is 8.42 Å². The molecule has 1 aliphatic heterocycles. The highest BCUT2D eigenvalue weighted by Gasteiger charge is 2.32. The van der Waals surface area contributed by atoms with Gasteiger partial charge in [0.25, 0.3) is 0 Å². The number of nitrogens with one attached hydrogen (secondary N) is 1. The zero-order chi connectivity index (χ0) is 14.8. The second-order valence-electron chi connectivity index (χ2n) is 5.17. The number of sulfonamides is 1. The van der Waals surface area contributed by atoms with E-state index in [0.717, 1.165) is 31.5 Å². The van der Waals surface area contributed by atoms with Crippen LogP contribution in [0.4, 0.5) is 0 Å². The zero-order valence-electron chi connectivity index (χ0n) is 11.9. The maximum absolute atomic E-state index is 12.8. The molecule has 20 heavy (non-hydrogen) atoms. The fourth-order valence-corrected chi connectivity index (χ4v) is 4.49. The van der Waals surface area contributed by atoms with E-state index in [1.54, 1.807) is 22.5 Å². The molecule has 2 rings (SSSR count). The lowest BCUT2D eigenvalue weighted by molar-refractivity contribution is 0.335. The topological polar surface area (TPSA) is 49.4 Å². The number of rotatable bonds is 5. The van der Waals surface area contributed by atoms with Gasteiger partial charge in [0.2, 0.25) is 10.0 Å². The average molecular weight is 317 g/mol. The third kappa shape index (κ3) is 3.17. The number of halogens is 1. The van der Waals surface area contributed by atoms with E-state index >= 15 is 0 Å². The first-order valence-electron chi connectivity index (χ1n) is 6.95. The van der Waals surface area contributed by atoms with Gasteiger partial charge in [0.1, 0.15) is 0 Å². The van der Waals surface area contributed by atoms with E-state index in [-0.39, 0.29) is 10.9 Å². The van der Waals surface area contributed by atoms with Gasteiger partial charge in [-0.1, -0.05) is 24.6 Å².